The molecule has 7 nitrogen and oxygen atoms in total. The van der Waals surface area contributed by atoms with Crippen LogP contribution in [-0.2, 0) is 19.6 Å². The van der Waals surface area contributed by atoms with E-state index < -0.39 is 92.0 Å². The monoisotopic (exact) mass is 504 g/mol. The summed E-state index contributed by atoms with van der Waals surface area (Å²) in [5.41, 5.74) is -4.11. The molecule has 178 valence electrons. The van der Waals surface area contributed by atoms with Crippen LogP contribution in [0.4, 0.5) is 40.8 Å². The van der Waals surface area contributed by atoms with E-state index in [1.807, 2.05) is 0 Å². The van der Waals surface area contributed by atoms with E-state index in [0.29, 0.717) is 6.26 Å². The van der Waals surface area contributed by atoms with Crippen molar-refractivity contribution in [1.82, 2.24) is 4.72 Å². The van der Waals surface area contributed by atoms with Crippen LogP contribution in [0.15, 0.2) is 12.1 Å². The summed E-state index contributed by atoms with van der Waals surface area (Å²) >= 11 is 0. The molecule has 16 heteroatoms. The summed E-state index contributed by atoms with van der Waals surface area (Å²) in [6.45, 7) is -1.43. The van der Waals surface area contributed by atoms with Crippen molar-refractivity contribution in [3.63, 3.8) is 0 Å². The molecule has 0 saturated carbocycles. The fourth-order valence-corrected chi connectivity index (χ4v) is 3.34. The van der Waals surface area contributed by atoms with Gasteiger partial charge in [-0.25, -0.2) is 34.8 Å². The number of fused-ring (bicyclic) bond motifs is 1. The Morgan fingerprint density at radius 2 is 1.52 bits per heavy atom. The average Bonchev–Trinajstić information content (AvgIpc) is 2.68. The molecule has 0 spiro atoms. The van der Waals surface area contributed by atoms with Crippen molar-refractivity contribution >= 4 is 27.5 Å². The van der Waals surface area contributed by atoms with Crippen LogP contribution in [-0.4, -0.2) is 39.1 Å². The quantitative estimate of drug-likeness (QED) is 0.393. The van der Waals surface area contributed by atoms with Crippen molar-refractivity contribution in [3.05, 3.63) is 47.0 Å². The lowest BCUT2D eigenvalue weighted by atomic mass is 10.0. The van der Waals surface area contributed by atoms with Gasteiger partial charge in [0, 0.05) is 11.6 Å². The topological polar surface area (TPSA) is 92.8 Å². The van der Waals surface area contributed by atoms with Gasteiger partial charge < -0.3 is 4.74 Å². The fourth-order valence-electron chi connectivity index (χ4n) is 2.86. The molecule has 1 heterocycles. The number of benzene rings is 2. The number of carbonyl (C=O) groups excluding carboxylic acids is 2. The van der Waals surface area contributed by atoms with E-state index in [1.165, 1.54) is 4.72 Å². The molecule has 1 aliphatic rings. The van der Waals surface area contributed by atoms with Crippen LogP contribution >= 0.6 is 0 Å². The maximum atomic E-state index is 14.5. The number of nitrogens with zero attached hydrogens (tertiary/aromatic N) is 1. The number of sulfonamides is 1. The number of amides is 2. The van der Waals surface area contributed by atoms with Crippen LogP contribution in [0.1, 0.15) is 0 Å². The molecule has 3 rings (SSSR count). The highest BCUT2D eigenvalue weighted by atomic mass is 32.2. The largest absolute Gasteiger partial charge is 0.482 e. The molecule has 0 unspecified atom stereocenters. The first-order chi connectivity index (χ1) is 15.0. The van der Waals surface area contributed by atoms with E-state index in [-0.39, 0.29) is 17.0 Å². The third-order valence-electron chi connectivity index (χ3n) is 4.15. The van der Waals surface area contributed by atoms with Crippen molar-refractivity contribution in [1.29, 1.82) is 0 Å². The molecule has 0 aromatic heterocycles. The Kier molecular flexibility index (Phi) is 5.77. The average molecular weight is 504 g/mol. The second-order valence-corrected chi connectivity index (χ2v) is 8.30. The number of halogens is 8. The van der Waals surface area contributed by atoms with Gasteiger partial charge in [0.1, 0.15) is 12.4 Å². The third-order valence-corrected chi connectivity index (χ3v) is 4.75. The third kappa shape index (κ3) is 4.29. The number of nitrogens with one attached hydrogen (secondary N) is 1. The van der Waals surface area contributed by atoms with Gasteiger partial charge in [0.15, 0.2) is 29.0 Å². The molecule has 0 atom stereocenters. The highest BCUT2D eigenvalue weighted by molar-refractivity contribution is 7.89. The van der Waals surface area contributed by atoms with Crippen molar-refractivity contribution in [2.45, 2.75) is 6.11 Å². The lowest BCUT2D eigenvalue weighted by Gasteiger charge is -2.33. The number of anilines is 1. The number of hydrogen-bond donors (Lipinski definition) is 1. The zero-order chi connectivity index (χ0) is 25.0. The summed E-state index contributed by atoms with van der Waals surface area (Å²) < 4.78 is 139. The first-order valence-electron chi connectivity index (χ1n) is 8.30. The molecule has 0 fully saturated rings. The minimum atomic E-state index is -4.68. The first-order valence-corrected chi connectivity index (χ1v) is 10.2. The van der Waals surface area contributed by atoms with Crippen LogP contribution < -0.4 is 14.4 Å². The SMILES string of the molecule is CS(=O)(=O)NC(=O)CN1C(=O)C(F)(F)Oc2cc(F)c(-c3c(F)c(F)c(F)c(F)c3F)cc21. The molecule has 0 saturated heterocycles. The smallest absolute Gasteiger partial charge is 0.423 e. The highest BCUT2D eigenvalue weighted by Crippen LogP contribution is 2.44. The van der Waals surface area contributed by atoms with Gasteiger partial charge >= 0.3 is 12.0 Å². The molecular weight excluding hydrogens is 496 g/mol. The lowest BCUT2D eigenvalue weighted by molar-refractivity contribution is -0.192. The van der Waals surface area contributed by atoms with Crippen molar-refractivity contribution in [3.8, 4) is 16.9 Å². The molecule has 2 aromatic carbocycles. The summed E-state index contributed by atoms with van der Waals surface area (Å²) in [7, 11) is -4.21. The molecule has 0 bridgehead atoms. The van der Waals surface area contributed by atoms with Crippen LogP contribution in [0.2, 0.25) is 0 Å². The predicted molar refractivity (Wildman–Crippen MR) is 92.5 cm³/mol. The summed E-state index contributed by atoms with van der Waals surface area (Å²) in [4.78, 5) is 23.8. The van der Waals surface area contributed by atoms with E-state index >= 15 is 0 Å². The van der Waals surface area contributed by atoms with Gasteiger partial charge in [0.2, 0.25) is 15.8 Å². The van der Waals surface area contributed by atoms with E-state index in [4.69, 9.17) is 0 Å². The van der Waals surface area contributed by atoms with Gasteiger partial charge in [-0.05, 0) is 6.07 Å². The van der Waals surface area contributed by atoms with E-state index in [0.717, 1.165) is 0 Å². The summed E-state index contributed by atoms with van der Waals surface area (Å²) in [6.07, 6.45) is -4.16. The minimum Gasteiger partial charge on any atom is -0.423 e. The van der Waals surface area contributed by atoms with Crippen LogP contribution in [0.25, 0.3) is 11.1 Å². The Balaban J connectivity index is 2.23. The molecule has 0 radical (unpaired) electrons. The zero-order valence-electron chi connectivity index (χ0n) is 15.8. The van der Waals surface area contributed by atoms with Gasteiger partial charge in [-0.2, -0.15) is 8.78 Å². The maximum absolute atomic E-state index is 14.5. The standard InChI is InChI=1S/C17H8F8N2O5S/c1-33(30,31)26-9(28)4-27-7-2-5(6(18)3-8(7)32-17(24,25)16(27)29)10-11(19)13(21)15(23)14(22)12(10)20/h2-3H,4H2,1H3,(H,26,28). The minimum absolute atomic E-state index is 0.0601. The zero-order valence-corrected chi connectivity index (χ0v) is 16.6. The molecule has 33 heavy (non-hydrogen) atoms. The van der Waals surface area contributed by atoms with Crippen molar-refractivity contribution in [2.75, 3.05) is 17.7 Å². The van der Waals surface area contributed by atoms with Crippen LogP contribution in [0, 0.1) is 34.9 Å². The Hall–Kier alpha value is -3.43. The predicted octanol–water partition coefficient (Wildman–Crippen LogP) is 2.58. The summed E-state index contributed by atoms with van der Waals surface area (Å²) in [5, 5.41) is 0. The molecule has 2 aromatic rings. The number of hydrogen-bond acceptors (Lipinski definition) is 5. The van der Waals surface area contributed by atoms with Gasteiger partial charge in [-0.1, -0.05) is 0 Å². The van der Waals surface area contributed by atoms with Gasteiger partial charge in [0.05, 0.1) is 17.5 Å². The summed E-state index contributed by atoms with van der Waals surface area (Å²) in [6, 6.07) is 0.286. The van der Waals surface area contributed by atoms with E-state index in [1.54, 1.807) is 0 Å². The Bertz CT molecular complexity index is 1290. The normalized spacial score (nSPS) is 15.2. The van der Waals surface area contributed by atoms with Crippen LogP contribution in [0.5, 0.6) is 5.75 Å². The van der Waals surface area contributed by atoms with Gasteiger partial charge in [-0.15, -0.1) is 0 Å². The second-order valence-electron chi connectivity index (χ2n) is 6.55. The number of rotatable bonds is 4. The van der Waals surface area contributed by atoms with E-state index in [9.17, 15) is 53.1 Å². The number of ether oxygens (including phenoxy) is 1. The van der Waals surface area contributed by atoms with Crippen LogP contribution in [0.3, 0.4) is 0 Å². The van der Waals surface area contributed by atoms with Gasteiger partial charge in [0.25, 0.3) is 5.91 Å². The van der Waals surface area contributed by atoms with Crippen molar-refractivity contribution < 1.29 is 57.9 Å². The highest BCUT2D eigenvalue weighted by Gasteiger charge is 2.51. The molecule has 1 N–H and O–H groups in total. The molecule has 1 aliphatic heterocycles. The Morgan fingerprint density at radius 1 is 1.00 bits per heavy atom. The molecule has 2 amide bonds. The first kappa shape index (κ1) is 24.2. The fraction of sp³-hybridized carbons (Fsp3) is 0.176. The summed E-state index contributed by atoms with van der Waals surface area (Å²) in [5.74, 6) is -19.1. The maximum Gasteiger partial charge on any atom is 0.482 e. The molecule has 0 aliphatic carbocycles. The number of carbonyl (C=O) groups is 2. The van der Waals surface area contributed by atoms with Gasteiger partial charge in [-0.3, -0.25) is 19.2 Å². The van der Waals surface area contributed by atoms with E-state index in [2.05, 4.69) is 4.74 Å². The Labute approximate surface area is 178 Å². The number of alkyl halides is 2. The molecular formula is C17H8F8N2O5S. The lowest BCUT2D eigenvalue weighted by Crippen LogP contribution is -2.53. The second kappa shape index (κ2) is 7.86. The Morgan fingerprint density at radius 3 is 2.03 bits per heavy atom. The van der Waals surface area contributed by atoms with Crippen molar-refractivity contribution in [2.24, 2.45) is 0 Å².